The lowest BCUT2D eigenvalue weighted by molar-refractivity contribution is -0.0625. The van der Waals surface area contributed by atoms with E-state index in [1.165, 1.54) is 16.9 Å². The highest BCUT2D eigenvalue weighted by Crippen LogP contribution is 2.38. The molecular formula is C21H25ClFN4O7P. The number of nitrogens with one attached hydrogen (secondary N) is 1. The summed E-state index contributed by atoms with van der Waals surface area (Å²) in [6.45, 7) is 1.22. The summed E-state index contributed by atoms with van der Waals surface area (Å²) in [5, 5.41) is 29.4. The lowest BCUT2D eigenvalue weighted by Gasteiger charge is -2.19. The first-order valence-corrected chi connectivity index (χ1v) is 12.7. The van der Waals surface area contributed by atoms with E-state index in [1.54, 1.807) is 31.2 Å². The molecule has 35 heavy (non-hydrogen) atoms. The summed E-state index contributed by atoms with van der Waals surface area (Å²) in [5.74, 6) is -0.347. The average Bonchev–Trinajstić information content (AvgIpc) is 3.32. The second kappa shape index (κ2) is 10.5. The van der Waals surface area contributed by atoms with Crippen LogP contribution >= 0.6 is 19.4 Å². The number of hydrogen-bond donors (Lipinski definition) is 5. The number of nitrogens with zero attached hydrogens (tertiary/aromatic N) is 3. The molecule has 0 radical (unpaired) electrons. The molecule has 3 aromatic rings. The van der Waals surface area contributed by atoms with Gasteiger partial charge in [0.25, 0.3) is 0 Å². The molecule has 0 saturated heterocycles. The van der Waals surface area contributed by atoms with Crippen LogP contribution in [0.15, 0.2) is 36.5 Å². The molecule has 1 aromatic carbocycles. The van der Waals surface area contributed by atoms with Gasteiger partial charge in [0.05, 0.1) is 48.7 Å². The predicted octanol–water partition coefficient (Wildman–Crippen LogP) is 2.56. The van der Waals surface area contributed by atoms with Crippen LogP contribution in [-0.2, 0) is 13.8 Å². The minimum absolute atomic E-state index is 0.150. The number of phosphoric acid groups is 1. The van der Waals surface area contributed by atoms with Crippen LogP contribution in [-0.4, -0.2) is 66.3 Å². The van der Waals surface area contributed by atoms with Gasteiger partial charge in [0.15, 0.2) is 5.65 Å². The maximum atomic E-state index is 14.2. The monoisotopic (exact) mass is 530 g/mol. The highest BCUT2D eigenvalue weighted by Gasteiger charge is 2.44. The first-order chi connectivity index (χ1) is 16.5. The molecular weight excluding hydrogens is 506 g/mol. The van der Waals surface area contributed by atoms with E-state index in [0.29, 0.717) is 22.3 Å². The van der Waals surface area contributed by atoms with Crippen molar-refractivity contribution in [3.63, 3.8) is 0 Å². The smallest absolute Gasteiger partial charge is 0.388 e. The van der Waals surface area contributed by atoms with Crippen molar-refractivity contribution >= 4 is 36.1 Å². The summed E-state index contributed by atoms with van der Waals surface area (Å²) in [4.78, 5) is 21.8. The molecule has 0 spiro atoms. The van der Waals surface area contributed by atoms with Gasteiger partial charge in [0.1, 0.15) is 23.2 Å². The van der Waals surface area contributed by atoms with E-state index in [-0.39, 0.29) is 30.6 Å². The Kier molecular flexibility index (Phi) is 7.74. The number of rotatable bonds is 9. The summed E-state index contributed by atoms with van der Waals surface area (Å²) >= 11 is 6.25. The molecule has 1 aliphatic rings. The fraction of sp³-hybridized carbons (Fsp3) is 0.429. The van der Waals surface area contributed by atoms with Crippen molar-refractivity contribution in [3.8, 4) is 0 Å². The van der Waals surface area contributed by atoms with Crippen molar-refractivity contribution in [2.75, 3.05) is 18.5 Å². The Balaban J connectivity index is 1.54. The molecule has 2 aromatic heterocycles. The van der Waals surface area contributed by atoms with Gasteiger partial charge < -0.3 is 30.1 Å². The summed E-state index contributed by atoms with van der Waals surface area (Å²) in [6.07, 6.45) is -1.66. The largest absolute Gasteiger partial charge is 0.469 e. The molecule has 4 rings (SSSR count). The quantitative estimate of drug-likeness (QED) is 0.158. The van der Waals surface area contributed by atoms with E-state index in [2.05, 4.69) is 19.9 Å². The van der Waals surface area contributed by atoms with Gasteiger partial charge in [-0.05, 0) is 19.1 Å². The van der Waals surface area contributed by atoms with Gasteiger partial charge in [-0.3, -0.25) is 4.52 Å². The SMILES string of the molecule is C[C@H](Nc1cc(Cl)nc2c1cnn2[C@@H]1C[C@H](OCCOP(=O)(O)O)[C@@H](O)[C@H]1O)c1ccccc1F. The zero-order valence-corrected chi connectivity index (χ0v) is 20.2. The van der Waals surface area contributed by atoms with Crippen molar-refractivity contribution in [2.24, 2.45) is 0 Å². The number of hydrogen-bond acceptors (Lipinski definition) is 8. The Bertz CT molecular complexity index is 1240. The van der Waals surface area contributed by atoms with E-state index in [4.69, 9.17) is 26.1 Å². The number of anilines is 1. The van der Waals surface area contributed by atoms with Crippen LogP contribution in [0.2, 0.25) is 5.15 Å². The number of fused-ring (bicyclic) bond motifs is 1. The second-order valence-electron chi connectivity index (χ2n) is 8.22. The van der Waals surface area contributed by atoms with Crippen molar-refractivity contribution in [1.82, 2.24) is 14.8 Å². The van der Waals surface area contributed by atoms with Crippen LogP contribution in [0.3, 0.4) is 0 Å². The topological polar surface area (TPSA) is 159 Å². The van der Waals surface area contributed by atoms with Crippen LogP contribution in [0.1, 0.15) is 31.0 Å². The van der Waals surface area contributed by atoms with Gasteiger partial charge in [-0.2, -0.15) is 5.10 Å². The van der Waals surface area contributed by atoms with Gasteiger partial charge in [-0.1, -0.05) is 29.8 Å². The number of aliphatic hydroxyl groups is 2. The van der Waals surface area contributed by atoms with E-state index in [9.17, 15) is 19.2 Å². The van der Waals surface area contributed by atoms with Gasteiger partial charge >= 0.3 is 7.82 Å². The molecule has 190 valence electrons. The number of benzene rings is 1. The Hall–Kier alpha value is -2.15. The minimum Gasteiger partial charge on any atom is -0.388 e. The highest BCUT2D eigenvalue weighted by molar-refractivity contribution is 7.46. The molecule has 2 heterocycles. The molecule has 11 nitrogen and oxygen atoms in total. The molecule has 1 aliphatic carbocycles. The van der Waals surface area contributed by atoms with Gasteiger partial charge in [-0.15, -0.1) is 0 Å². The molecule has 0 amide bonds. The molecule has 0 aliphatic heterocycles. The Labute approximate surface area is 204 Å². The van der Waals surface area contributed by atoms with Crippen molar-refractivity contribution in [2.45, 2.75) is 43.7 Å². The first-order valence-electron chi connectivity index (χ1n) is 10.8. The van der Waals surface area contributed by atoms with Crippen LogP contribution < -0.4 is 5.32 Å². The molecule has 0 unspecified atom stereocenters. The first kappa shape index (κ1) is 25.9. The fourth-order valence-electron chi connectivity index (χ4n) is 4.22. The fourth-order valence-corrected chi connectivity index (χ4v) is 4.72. The second-order valence-corrected chi connectivity index (χ2v) is 9.85. The Morgan fingerprint density at radius 3 is 2.74 bits per heavy atom. The van der Waals surface area contributed by atoms with E-state index < -0.39 is 38.2 Å². The van der Waals surface area contributed by atoms with E-state index >= 15 is 0 Å². The number of pyridine rings is 1. The highest BCUT2D eigenvalue weighted by atomic mass is 35.5. The summed E-state index contributed by atoms with van der Waals surface area (Å²) < 4.78 is 36.2. The molecule has 5 atom stereocenters. The van der Waals surface area contributed by atoms with Crippen LogP contribution in [0.4, 0.5) is 10.1 Å². The number of halogens is 2. The standard InChI is InChI=1S/C21H25ClFN4O7P/c1-11(12-4-2-3-5-14(12)23)25-15-8-18(22)26-21-13(15)10-24-27(21)16-9-17(20(29)19(16)28)33-6-7-34-35(30,31)32/h2-5,8,10-11,16-17,19-20,28-29H,6-7,9H2,1H3,(H,25,26)(H2,30,31,32)/t11-,16+,17-,19-,20+/m0/s1. The van der Waals surface area contributed by atoms with Gasteiger partial charge in [0.2, 0.25) is 0 Å². The molecule has 1 saturated carbocycles. The third kappa shape index (κ3) is 5.82. The summed E-state index contributed by atoms with van der Waals surface area (Å²) in [7, 11) is -4.63. The van der Waals surface area contributed by atoms with Gasteiger partial charge in [0, 0.05) is 12.0 Å². The summed E-state index contributed by atoms with van der Waals surface area (Å²) in [5.41, 5.74) is 1.39. The van der Waals surface area contributed by atoms with E-state index in [1.807, 2.05) is 0 Å². The lowest BCUT2D eigenvalue weighted by atomic mass is 10.1. The van der Waals surface area contributed by atoms with Crippen LogP contribution in [0, 0.1) is 5.82 Å². The number of ether oxygens (including phenoxy) is 1. The predicted molar refractivity (Wildman–Crippen MR) is 124 cm³/mol. The Morgan fingerprint density at radius 1 is 1.29 bits per heavy atom. The Morgan fingerprint density at radius 2 is 2.03 bits per heavy atom. The number of phosphoric ester groups is 1. The third-order valence-corrected chi connectivity index (χ3v) is 6.58. The molecule has 0 bridgehead atoms. The van der Waals surface area contributed by atoms with Crippen LogP contribution in [0.5, 0.6) is 0 Å². The zero-order chi connectivity index (χ0) is 25.3. The molecule has 5 N–H and O–H groups in total. The molecule has 14 heteroatoms. The number of aromatic nitrogens is 3. The molecule has 1 fully saturated rings. The maximum absolute atomic E-state index is 14.2. The van der Waals surface area contributed by atoms with Crippen molar-refractivity contribution in [1.29, 1.82) is 0 Å². The number of aliphatic hydroxyl groups excluding tert-OH is 2. The third-order valence-electron chi connectivity index (χ3n) is 5.87. The average molecular weight is 531 g/mol. The van der Waals surface area contributed by atoms with Crippen molar-refractivity contribution in [3.05, 3.63) is 53.1 Å². The zero-order valence-electron chi connectivity index (χ0n) is 18.5. The van der Waals surface area contributed by atoms with Crippen LogP contribution in [0.25, 0.3) is 11.0 Å². The lowest BCUT2D eigenvalue weighted by Crippen LogP contribution is -2.33. The minimum atomic E-state index is -4.63. The van der Waals surface area contributed by atoms with Gasteiger partial charge in [-0.25, -0.2) is 18.6 Å². The summed E-state index contributed by atoms with van der Waals surface area (Å²) in [6, 6.07) is 6.90. The van der Waals surface area contributed by atoms with E-state index in [0.717, 1.165) is 0 Å². The van der Waals surface area contributed by atoms with Crippen molar-refractivity contribution < 1.29 is 38.2 Å². The normalized spacial score (nSPS) is 23.6. The maximum Gasteiger partial charge on any atom is 0.469 e.